The van der Waals surface area contributed by atoms with Crippen molar-refractivity contribution in [1.82, 2.24) is 4.90 Å². The first-order chi connectivity index (χ1) is 9.25. The molecular formula is C15H19NO2S. The molecule has 1 fully saturated rings. The number of hydrogen-bond donors (Lipinski definition) is 1. The van der Waals surface area contributed by atoms with E-state index in [2.05, 4.69) is 22.7 Å². The highest BCUT2D eigenvalue weighted by molar-refractivity contribution is 7.99. The first kappa shape index (κ1) is 13.0. The van der Waals surface area contributed by atoms with Crippen LogP contribution in [0.25, 0.3) is 0 Å². The van der Waals surface area contributed by atoms with E-state index in [1.165, 1.54) is 29.9 Å². The van der Waals surface area contributed by atoms with E-state index in [0.29, 0.717) is 11.6 Å². The molecule has 1 aromatic carbocycles. The maximum atomic E-state index is 11.2. The Hall–Kier alpha value is -1.00. The summed E-state index contributed by atoms with van der Waals surface area (Å²) in [7, 11) is 0. The van der Waals surface area contributed by atoms with E-state index in [9.17, 15) is 9.90 Å². The van der Waals surface area contributed by atoms with E-state index in [-0.39, 0.29) is 0 Å². The molecule has 1 N–H and O–H groups in total. The van der Waals surface area contributed by atoms with Gasteiger partial charge in [-0.25, -0.2) is 4.79 Å². The predicted octanol–water partition coefficient (Wildman–Crippen LogP) is 2.64. The molecule has 0 saturated carbocycles. The molecule has 0 amide bonds. The minimum absolute atomic E-state index is 0.497. The maximum Gasteiger partial charge on any atom is 0.335 e. The molecule has 3 rings (SSSR count). The van der Waals surface area contributed by atoms with Gasteiger partial charge in [0.15, 0.2) is 0 Å². The van der Waals surface area contributed by atoms with Gasteiger partial charge >= 0.3 is 5.97 Å². The SMILES string of the molecule is O=C(O)c1cccc2c1CCN(C1CCSCC1)C2. The summed E-state index contributed by atoms with van der Waals surface area (Å²) < 4.78 is 0. The second-order valence-corrected chi connectivity index (χ2v) is 6.54. The van der Waals surface area contributed by atoms with Gasteiger partial charge in [0, 0.05) is 19.1 Å². The van der Waals surface area contributed by atoms with E-state index in [1.54, 1.807) is 6.07 Å². The van der Waals surface area contributed by atoms with Crippen LogP contribution in [-0.4, -0.2) is 40.1 Å². The molecule has 4 heteroatoms. The summed E-state index contributed by atoms with van der Waals surface area (Å²) in [6.07, 6.45) is 3.43. The minimum atomic E-state index is -0.792. The van der Waals surface area contributed by atoms with Gasteiger partial charge in [-0.15, -0.1) is 0 Å². The molecular weight excluding hydrogens is 258 g/mol. The van der Waals surface area contributed by atoms with E-state index in [4.69, 9.17) is 0 Å². The van der Waals surface area contributed by atoms with Gasteiger partial charge in [-0.3, -0.25) is 4.90 Å². The molecule has 0 aliphatic carbocycles. The van der Waals surface area contributed by atoms with Gasteiger partial charge < -0.3 is 5.11 Å². The van der Waals surface area contributed by atoms with Gasteiger partial charge in [0.2, 0.25) is 0 Å². The standard InChI is InChI=1S/C15H19NO2S/c17-15(18)14-3-1-2-11-10-16(7-4-13(11)14)12-5-8-19-9-6-12/h1-3,12H,4-10H2,(H,17,18). The van der Waals surface area contributed by atoms with Gasteiger partial charge in [0.05, 0.1) is 5.56 Å². The first-order valence-corrected chi connectivity index (χ1v) is 8.07. The molecule has 19 heavy (non-hydrogen) atoms. The summed E-state index contributed by atoms with van der Waals surface area (Å²) >= 11 is 2.05. The molecule has 102 valence electrons. The lowest BCUT2D eigenvalue weighted by atomic mass is 9.93. The van der Waals surface area contributed by atoms with E-state index >= 15 is 0 Å². The third-order valence-electron chi connectivity index (χ3n) is 4.23. The number of fused-ring (bicyclic) bond motifs is 1. The van der Waals surface area contributed by atoms with Crippen molar-refractivity contribution >= 4 is 17.7 Å². The summed E-state index contributed by atoms with van der Waals surface area (Å²) in [4.78, 5) is 13.8. The molecule has 1 aromatic rings. The van der Waals surface area contributed by atoms with E-state index in [1.807, 2.05) is 6.07 Å². The third kappa shape index (κ3) is 2.65. The maximum absolute atomic E-state index is 11.2. The topological polar surface area (TPSA) is 40.5 Å². The van der Waals surface area contributed by atoms with Crippen molar-refractivity contribution in [3.63, 3.8) is 0 Å². The summed E-state index contributed by atoms with van der Waals surface area (Å²) in [5.74, 6) is 1.74. The number of hydrogen-bond acceptors (Lipinski definition) is 3. The zero-order chi connectivity index (χ0) is 13.2. The Morgan fingerprint density at radius 3 is 2.84 bits per heavy atom. The molecule has 2 aliphatic rings. The van der Waals surface area contributed by atoms with Gasteiger partial charge in [-0.2, -0.15) is 11.8 Å². The molecule has 0 aromatic heterocycles. The Morgan fingerprint density at radius 2 is 2.11 bits per heavy atom. The van der Waals surface area contributed by atoms with Crippen LogP contribution in [0.3, 0.4) is 0 Å². The molecule has 0 spiro atoms. The number of rotatable bonds is 2. The van der Waals surface area contributed by atoms with Crippen molar-refractivity contribution in [2.45, 2.75) is 31.8 Å². The van der Waals surface area contributed by atoms with Crippen molar-refractivity contribution < 1.29 is 9.90 Å². The van der Waals surface area contributed by atoms with E-state index in [0.717, 1.165) is 25.1 Å². The summed E-state index contributed by atoms with van der Waals surface area (Å²) in [6, 6.07) is 6.39. The van der Waals surface area contributed by atoms with Crippen molar-refractivity contribution in [3.8, 4) is 0 Å². The van der Waals surface area contributed by atoms with Gasteiger partial charge in [-0.1, -0.05) is 12.1 Å². The zero-order valence-corrected chi connectivity index (χ0v) is 11.8. The lowest BCUT2D eigenvalue weighted by Gasteiger charge is -2.37. The van der Waals surface area contributed by atoms with Crippen LogP contribution < -0.4 is 0 Å². The van der Waals surface area contributed by atoms with Crippen LogP contribution in [-0.2, 0) is 13.0 Å². The van der Waals surface area contributed by atoms with Crippen LogP contribution in [0.5, 0.6) is 0 Å². The number of carbonyl (C=O) groups is 1. The Kier molecular flexibility index (Phi) is 3.80. The van der Waals surface area contributed by atoms with Crippen LogP contribution in [0, 0.1) is 0 Å². The molecule has 0 bridgehead atoms. The average molecular weight is 277 g/mol. The second kappa shape index (κ2) is 5.55. The molecule has 0 unspecified atom stereocenters. The van der Waals surface area contributed by atoms with Gasteiger partial charge in [0.25, 0.3) is 0 Å². The summed E-state index contributed by atoms with van der Waals surface area (Å²) in [6.45, 7) is 1.93. The first-order valence-electron chi connectivity index (χ1n) is 6.91. The Morgan fingerprint density at radius 1 is 1.32 bits per heavy atom. The van der Waals surface area contributed by atoms with Crippen LogP contribution in [0.1, 0.15) is 34.3 Å². The predicted molar refractivity (Wildman–Crippen MR) is 77.9 cm³/mol. The Bertz CT molecular complexity index is 483. The van der Waals surface area contributed by atoms with Crippen LogP contribution in [0.4, 0.5) is 0 Å². The number of thioether (sulfide) groups is 1. The van der Waals surface area contributed by atoms with Crippen molar-refractivity contribution in [1.29, 1.82) is 0 Å². The lowest BCUT2D eigenvalue weighted by Crippen LogP contribution is -2.41. The normalized spacial score (nSPS) is 21.1. The average Bonchev–Trinajstić information content (AvgIpc) is 2.47. The summed E-state index contributed by atoms with van der Waals surface area (Å²) in [5, 5.41) is 9.24. The summed E-state index contributed by atoms with van der Waals surface area (Å²) in [5.41, 5.74) is 2.76. The van der Waals surface area contributed by atoms with Crippen molar-refractivity contribution in [3.05, 3.63) is 34.9 Å². The monoisotopic (exact) mass is 277 g/mol. The number of carboxylic acids is 1. The molecule has 1 saturated heterocycles. The van der Waals surface area contributed by atoms with Crippen molar-refractivity contribution in [2.24, 2.45) is 0 Å². The number of benzene rings is 1. The quantitative estimate of drug-likeness (QED) is 0.902. The Balaban J connectivity index is 1.80. The molecule has 2 aliphatic heterocycles. The van der Waals surface area contributed by atoms with E-state index < -0.39 is 5.97 Å². The van der Waals surface area contributed by atoms with Gasteiger partial charge in [-0.05, 0) is 48.0 Å². The largest absolute Gasteiger partial charge is 0.478 e. The molecule has 3 nitrogen and oxygen atoms in total. The number of aromatic carboxylic acids is 1. The fourth-order valence-corrected chi connectivity index (χ4v) is 4.28. The molecule has 0 radical (unpaired) electrons. The van der Waals surface area contributed by atoms with Crippen LogP contribution in [0.15, 0.2) is 18.2 Å². The molecule has 2 heterocycles. The molecule has 0 atom stereocenters. The highest BCUT2D eigenvalue weighted by Crippen LogP contribution is 2.28. The number of carboxylic acid groups (broad SMARTS) is 1. The minimum Gasteiger partial charge on any atom is -0.478 e. The lowest BCUT2D eigenvalue weighted by molar-refractivity contribution is 0.0694. The highest BCUT2D eigenvalue weighted by Gasteiger charge is 2.26. The number of nitrogens with zero attached hydrogens (tertiary/aromatic N) is 1. The van der Waals surface area contributed by atoms with Crippen molar-refractivity contribution in [2.75, 3.05) is 18.1 Å². The highest BCUT2D eigenvalue weighted by atomic mass is 32.2. The Labute approximate surface area is 118 Å². The van der Waals surface area contributed by atoms with Crippen LogP contribution in [0.2, 0.25) is 0 Å². The fraction of sp³-hybridized carbons (Fsp3) is 0.533. The third-order valence-corrected chi connectivity index (χ3v) is 5.28. The second-order valence-electron chi connectivity index (χ2n) is 5.31. The fourth-order valence-electron chi connectivity index (χ4n) is 3.19. The zero-order valence-electron chi connectivity index (χ0n) is 11.0. The smallest absolute Gasteiger partial charge is 0.335 e. The van der Waals surface area contributed by atoms with Crippen LogP contribution >= 0.6 is 11.8 Å². The van der Waals surface area contributed by atoms with Gasteiger partial charge in [0.1, 0.15) is 0 Å².